The van der Waals surface area contributed by atoms with Gasteiger partial charge in [-0.25, -0.2) is 9.07 Å². The molecule has 146 valence electrons. The molecule has 0 bridgehead atoms. The van der Waals surface area contributed by atoms with E-state index in [2.05, 4.69) is 34.0 Å². The number of rotatable bonds is 4. The van der Waals surface area contributed by atoms with E-state index < -0.39 is 0 Å². The minimum atomic E-state index is -0.198. The van der Waals surface area contributed by atoms with Crippen molar-refractivity contribution in [3.8, 4) is 5.69 Å². The van der Waals surface area contributed by atoms with Crippen LogP contribution in [0.15, 0.2) is 48.5 Å². The first kappa shape index (κ1) is 18.8. The highest BCUT2D eigenvalue weighted by atomic mass is 32.1. The zero-order chi connectivity index (χ0) is 19.7. The fraction of sp³-hybridized carbons (Fsp3) is 0.333. The number of anilines is 1. The molecule has 1 aliphatic heterocycles. The van der Waals surface area contributed by atoms with Gasteiger partial charge in [0.25, 0.3) is 0 Å². The molecule has 0 N–H and O–H groups in total. The second-order valence-corrected chi connectivity index (χ2v) is 7.54. The van der Waals surface area contributed by atoms with Crippen molar-refractivity contribution in [2.45, 2.75) is 20.5 Å². The normalized spacial score (nSPS) is 15.2. The van der Waals surface area contributed by atoms with E-state index in [1.807, 2.05) is 40.4 Å². The van der Waals surface area contributed by atoms with Crippen molar-refractivity contribution < 1.29 is 4.39 Å². The van der Waals surface area contributed by atoms with Crippen LogP contribution in [0.25, 0.3) is 5.69 Å². The molecule has 7 heteroatoms. The van der Waals surface area contributed by atoms with Gasteiger partial charge in [-0.2, -0.15) is 5.10 Å². The van der Waals surface area contributed by atoms with Crippen molar-refractivity contribution in [3.63, 3.8) is 0 Å². The van der Waals surface area contributed by atoms with E-state index in [4.69, 9.17) is 12.2 Å². The largest absolute Gasteiger partial charge is 0.369 e. The molecule has 28 heavy (non-hydrogen) atoms. The molecule has 1 fully saturated rings. The molecule has 0 radical (unpaired) electrons. The molecule has 5 nitrogen and oxygen atoms in total. The molecule has 0 spiro atoms. The Hall–Kier alpha value is -2.51. The van der Waals surface area contributed by atoms with Crippen LogP contribution in [-0.4, -0.2) is 45.4 Å². The van der Waals surface area contributed by atoms with Crippen molar-refractivity contribution in [1.82, 2.24) is 19.2 Å². The Morgan fingerprint density at radius 3 is 2.32 bits per heavy atom. The minimum Gasteiger partial charge on any atom is -0.369 e. The summed E-state index contributed by atoms with van der Waals surface area (Å²) in [6.45, 7) is 8.38. The molecule has 3 aromatic rings. The standard InChI is InChI=1S/C21H24FN5S/c1-16-5-3-4-6-20(16)27-17(2)23-26(21(27)28)15-24-11-13-25(14-12-24)19-9-7-18(22)8-10-19/h3-10H,11-15H2,1-2H3. The van der Waals surface area contributed by atoms with Gasteiger partial charge in [0, 0.05) is 31.9 Å². The second kappa shape index (κ2) is 7.85. The Kier molecular flexibility index (Phi) is 5.28. The highest BCUT2D eigenvalue weighted by Gasteiger charge is 2.19. The first-order valence-electron chi connectivity index (χ1n) is 9.48. The predicted octanol–water partition coefficient (Wildman–Crippen LogP) is 3.94. The van der Waals surface area contributed by atoms with Gasteiger partial charge < -0.3 is 4.90 Å². The van der Waals surface area contributed by atoms with Crippen molar-refractivity contribution in [1.29, 1.82) is 0 Å². The molecule has 0 aliphatic carbocycles. The fourth-order valence-electron chi connectivity index (χ4n) is 3.69. The molecule has 4 rings (SSSR count). The van der Waals surface area contributed by atoms with Gasteiger partial charge in [0.15, 0.2) is 0 Å². The highest BCUT2D eigenvalue weighted by Crippen LogP contribution is 2.19. The van der Waals surface area contributed by atoms with Gasteiger partial charge in [0.05, 0.1) is 12.4 Å². The van der Waals surface area contributed by atoms with Gasteiger partial charge in [-0.3, -0.25) is 9.47 Å². The van der Waals surface area contributed by atoms with E-state index in [1.165, 1.54) is 17.7 Å². The smallest absolute Gasteiger partial charge is 0.203 e. The summed E-state index contributed by atoms with van der Waals surface area (Å²) < 4.78 is 17.8. The number of aromatic nitrogens is 3. The summed E-state index contributed by atoms with van der Waals surface area (Å²) in [7, 11) is 0. The SMILES string of the molecule is Cc1ccccc1-n1c(C)nn(CN2CCN(c3ccc(F)cc3)CC2)c1=S. The van der Waals surface area contributed by atoms with Gasteiger partial charge in [-0.1, -0.05) is 18.2 Å². The van der Waals surface area contributed by atoms with Crippen LogP contribution in [0.3, 0.4) is 0 Å². The van der Waals surface area contributed by atoms with Gasteiger partial charge in [0.1, 0.15) is 11.6 Å². The number of para-hydroxylation sites is 1. The van der Waals surface area contributed by atoms with Gasteiger partial charge in [-0.05, 0) is 62.0 Å². The van der Waals surface area contributed by atoms with Gasteiger partial charge in [0.2, 0.25) is 4.77 Å². The Morgan fingerprint density at radius 1 is 0.964 bits per heavy atom. The lowest BCUT2D eigenvalue weighted by Crippen LogP contribution is -2.47. The molecule has 1 aromatic heterocycles. The molecule has 2 heterocycles. The number of piperazine rings is 1. The Bertz CT molecular complexity index is 1020. The monoisotopic (exact) mass is 397 g/mol. The fourth-order valence-corrected chi connectivity index (χ4v) is 4.02. The van der Waals surface area contributed by atoms with Crippen LogP contribution in [0.4, 0.5) is 10.1 Å². The predicted molar refractivity (Wildman–Crippen MR) is 112 cm³/mol. The van der Waals surface area contributed by atoms with Crippen molar-refractivity contribution in [2.75, 3.05) is 31.1 Å². The van der Waals surface area contributed by atoms with Crippen LogP contribution >= 0.6 is 12.2 Å². The number of hydrogen-bond donors (Lipinski definition) is 0. The van der Waals surface area contributed by atoms with E-state index >= 15 is 0 Å². The summed E-state index contributed by atoms with van der Waals surface area (Å²) in [6, 6.07) is 14.9. The average molecular weight is 398 g/mol. The average Bonchev–Trinajstić information content (AvgIpc) is 2.97. The maximum Gasteiger partial charge on any atom is 0.203 e. The molecule has 0 saturated carbocycles. The lowest BCUT2D eigenvalue weighted by Gasteiger charge is -2.35. The molecule has 0 amide bonds. The Morgan fingerprint density at radius 2 is 1.64 bits per heavy atom. The van der Waals surface area contributed by atoms with Gasteiger partial charge >= 0.3 is 0 Å². The van der Waals surface area contributed by atoms with E-state index in [0.29, 0.717) is 11.4 Å². The number of nitrogens with zero attached hydrogens (tertiary/aromatic N) is 5. The number of halogens is 1. The molecule has 0 unspecified atom stereocenters. The second-order valence-electron chi connectivity index (χ2n) is 7.17. The van der Waals surface area contributed by atoms with Crippen molar-refractivity contribution in [3.05, 3.63) is 70.5 Å². The Balaban J connectivity index is 1.46. The molecule has 1 saturated heterocycles. The lowest BCUT2D eigenvalue weighted by molar-refractivity contribution is 0.194. The molecular weight excluding hydrogens is 373 g/mol. The maximum atomic E-state index is 13.1. The van der Waals surface area contributed by atoms with Crippen LogP contribution in [-0.2, 0) is 6.67 Å². The molecular formula is C21H24FN5S. The maximum absolute atomic E-state index is 13.1. The third kappa shape index (κ3) is 3.72. The summed E-state index contributed by atoms with van der Waals surface area (Å²) in [6.07, 6.45) is 0. The first-order valence-corrected chi connectivity index (χ1v) is 9.89. The molecule has 1 aliphatic rings. The minimum absolute atomic E-state index is 0.198. The quantitative estimate of drug-likeness (QED) is 0.624. The van der Waals surface area contributed by atoms with Crippen LogP contribution in [0, 0.1) is 24.4 Å². The number of hydrogen-bond acceptors (Lipinski definition) is 4. The van der Waals surface area contributed by atoms with E-state index in [-0.39, 0.29) is 5.82 Å². The van der Waals surface area contributed by atoms with Crippen LogP contribution in [0.2, 0.25) is 0 Å². The summed E-state index contributed by atoms with van der Waals surface area (Å²) in [5, 5.41) is 4.69. The van der Waals surface area contributed by atoms with E-state index in [0.717, 1.165) is 43.4 Å². The van der Waals surface area contributed by atoms with E-state index in [9.17, 15) is 4.39 Å². The lowest BCUT2D eigenvalue weighted by atomic mass is 10.2. The topological polar surface area (TPSA) is 29.2 Å². The summed E-state index contributed by atoms with van der Waals surface area (Å²) >= 11 is 5.73. The van der Waals surface area contributed by atoms with Crippen LogP contribution < -0.4 is 4.90 Å². The zero-order valence-corrected chi connectivity index (χ0v) is 17.0. The first-order chi connectivity index (χ1) is 13.5. The van der Waals surface area contributed by atoms with Crippen LogP contribution in [0.5, 0.6) is 0 Å². The number of benzene rings is 2. The molecule has 0 atom stereocenters. The summed E-state index contributed by atoms with van der Waals surface area (Å²) in [4.78, 5) is 4.64. The molecule has 2 aromatic carbocycles. The third-order valence-corrected chi connectivity index (χ3v) is 5.65. The third-order valence-electron chi connectivity index (χ3n) is 5.26. The number of aryl methyl sites for hydroxylation is 2. The summed E-state index contributed by atoms with van der Waals surface area (Å²) in [5.74, 6) is 0.695. The zero-order valence-electron chi connectivity index (χ0n) is 16.2. The highest BCUT2D eigenvalue weighted by molar-refractivity contribution is 7.71. The van der Waals surface area contributed by atoms with Crippen molar-refractivity contribution in [2.24, 2.45) is 0 Å². The Labute approximate surface area is 169 Å². The summed E-state index contributed by atoms with van der Waals surface area (Å²) in [5.41, 5.74) is 3.32. The van der Waals surface area contributed by atoms with E-state index in [1.54, 1.807) is 0 Å². The van der Waals surface area contributed by atoms with Crippen molar-refractivity contribution >= 4 is 17.9 Å². The van der Waals surface area contributed by atoms with Crippen LogP contribution in [0.1, 0.15) is 11.4 Å². The van der Waals surface area contributed by atoms with Gasteiger partial charge in [-0.15, -0.1) is 0 Å².